The summed E-state index contributed by atoms with van der Waals surface area (Å²) in [5, 5.41) is 5.91. The molecule has 2 amide bonds. The van der Waals surface area contributed by atoms with Gasteiger partial charge in [0.25, 0.3) is 0 Å². The topological polar surface area (TPSA) is 77.6 Å². The maximum absolute atomic E-state index is 11.9. The molecule has 1 aliphatic heterocycles. The van der Waals surface area contributed by atoms with E-state index in [2.05, 4.69) is 25.4 Å². The Morgan fingerprint density at radius 3 is 2.44 bits per heavy atom. The van der Waals surface area contributed by atoms with E-state index in [0.29, 0.717) is 18.8 Å². The Morgan fingerprint density at radius 2 is 1.78 bits per heavy atom. The standard InChI is InChI=1S/C19H22ClN5O2/c20-15-3-5-17(6-4-15)25-12-10-24(11-13-25)9-8-22-18(26)19(27)23-16-2-1-7-21-14-16/h1-7,14H,8-13H2,(H,22,26)(H,23,27). The lowest BCUT2D eigenvalue weighted by Gasteiger charge is -2.36. The Bertz CT molecular complexity index is 761. The molecule has 0 saturated carbocycles. The third-order valence-corrected chi connectivity index (χ3v) is 4.66. The summed E-state index contributed by atoms with van der Waals surface area (Å²) in [6.07, 6.45) is 3.09. The van der Waals surface area contributed by atoms with Crippen LogP contribution in [0.4, 0.5) is 11.4 Å². The van der Waals surface area contributed by atoms with Gasteiger partial charge in [-0.3, -0.25) is 19.5 Å². The number of anilines is 2. The molecule has 0 bridgehead atoms. The average molecular weight is 388 g/mol. The molecule has 3 rings (SSSR count). The number of nitrogens with one attached hydrogen (secondary N) is 2. The summed E-state index contributed by atoms with van der Waals surface area (Å²) in [6.45, 7) is 4.77. The lowest BCUT2D eigenvalue weighted by atomic mass is 10.2. The summed E-state index contributed by atoms with van der Waals surface area (Å²) in [7, 11) is 0. The second-order valence-corrected chi connectivity index (χ2v) is 6.69. The largest absolute Gasteiger partial charge is 0.369 e. The number of benzene rings is 1. The molecule has 2 heterocycles. The van der Waals surface area contributed by atoms with Crippen LogP contribution in [-0.4, -0.2) is 61.0 Å². The number of nitrogens with zero attached hydrogens (tertiary/aromatic N) is 3. The molecule has 1 aromatic carbocycles. The second kappa shape index (κ2) is 9.34. The van der Waals surface area contributed by atoms with Gasteiger partial charge in [-0.2, -0.15) is 0 Å². The number of aromatic nitrogens is 1. The van der Waals surface area contributed by atoms with Gasteiger partial charge in [-0.25, -0.2) is 0 Å². The van der Waals surface area contributed by atoms with Crippen molar-refractivity contribution in [2.75, 3.05) is 49.5 Å². The number of carbonyl (C=O) groups is 2. The van der Waals surface area contributed by atoms with E-state index in [1.54, 1.807) is 18.3 Å². The number of rotatable bonds is 5. The van der Waals surface area contributed by atoms with Crippen LogP contribution in [0.5, 0.6) is 0 Å². The maximum Gasteiger partial charge on any atom is 0.313 e. The molecule has 1 fully saturated rings. The highest BCUT2D eigenvalue weighted by atomic mass is 35.5. The van der Waals surface area contributed by atoms with E-state index in [-0.39, 0.29) is 0 Å². The first kappa shape index (κ1) is 19.1. The number of piperazine rings is 1. The summed E-state index contributed by atoms with van der Waals surface area (Å²) >= 11 is 5.93. The molecular formula is C19H22ClN5O2. The predicted octanol–water partition coefficient (Wildman–Crippen LogP) is 1.61. The van der Waals surface area contributed by atoms with Gasteiger partial charge in [-0.05, 0) is 36.4 Å². The SMILES string of the molecule is O=C(NCCN1CCN(c2ccc(Cl)cc2)CC1)C(=O)Nc1cccnc1. The van der Waals surface area contributed by atoms with Gasteiger partial charge in [-0.15, -0.1) is 0 Å². The molecule has 2 aromatic rings. The van der Waals surface area contributed by atoms with Crippen LogP contribution in [0.15, 0.2) is 48.8 Å². The molecule has 8 heteroatoms. The van der Waals surface area contributed by atoms with E-state index in [4.69, 9.17) is 11.6 Å². The van der Waals surface area contributed by atoms with Gasteiger partial charge in [0, 0.05) is 56.2 Å². The maximum atomic E-state index is 11.9. The second-order valence-electron chi connectivity index (χ2n) is 6.26. The van der Waals surface area contributed by atoms with Crippen molar-refractivity contribution in [3.8, 4) is 0 Å². The minimum atomic E-state index is -0.685. The van der Waals surface area contributed by atoms with Crippen molar-refractivity contribution in [2.45, 2.75) is 0 Å². The molecule has 1 aromatic heterocycles. The molecule has 0 atom stereocenters. The van der Waals surface area contributed by atoms with Crippen LogP contribution in [0.1, 0.15) is 0 Å². The number of amides is 2. The minimum absolute atomic E-state index is 0.431. The van der Waals surface area contributed by atoms with Crippen molar-refractivity contribution in [3.63, 3.8) is 0 Å². The smallest absolute Gasteiger partial charge is 0.313 e. The number of pyridine rings is 1. The lowest BCUT2D eigenvalue weighted by molar-refractivity contribution is -0.136. The third kappa shape index (κ3) is 5.67. The molecule has 142 valence electrons. The van der Waals surface area contributed by atoms with E-state index in [1.165, 1.54) is 11.9 Å². The number of hydrogen-bond donors (Lipinski definition) is 2. The Hall–Kier alpha value is -2.64. The van der Waals surface area contributed by atoms with Crippen molar-refractivity contribution >= 4 is 34.8 Å². The van der Waals surface area contributed by atoms with Gasteiger partial charge in [0.2, 0.25) is 0 Å². The molecule has 0 unspecified atom stereocenters. The number of halogens is 1. The van der Waals surface area contributed by atoms with Crippen LogP contribution in [0.2, 0.25) is 5.02 Å². The van der Waals surface area contributed by atoms with E-state index in [1.807, 2.05) is 24.3 Å². The first-order valence-corrected chi connectivity index (χ1v) is 9.22. The molecule has 0 aliphatic carbocycles. The van der Waals surface area contributed by atoms with Crippen LogP contribution in [0.3, 0.4) is 0 Å². The van der Waals surface area contributed by atoms with Gasteiger partial charge in [0.05, 0.1) is 11.9 Å². The van der Waals surface area contributed by atoms with E-state index in [0.717, 1.165) is 31.2 Å². The Balaban J connectivity index is 1.35. The van der Waals surface area contributed by atoms with Gasteiger partial charge in [-0.1, -0.05) is 11.6 Å². The van der Waals surface area contributed by atoms with Gasteiger partial charge in [0.15, 0.2) is 0 Å². The molecule has 27 heavy (non-hydrogen) atoms. The number of carbonyl (C=O) groups excluding carboxylic acids is 2. The first-order chi connectivity index (χ1) is 13.1. The van der Waals surface area contributed by atoms with Crippen molar-refractivity contribution < 1.29 is 9.59 Å². The van der Waals surface area contributed by atoms with Gasteiger partial charge in [0.1, 0.15) is 0 Å². The van der Waals surface area contributed by atoms with E-state index >= 15 is 0 Å². The van der Waals surface area contributed by atoms with Crippen molar-refractivity contribution in [2.24, 2.45) is 0 Å². The highest BCUT2D eigenvalue weighted by Crippen LogP contribution is 2.19. The van der Waals surface area contributed by atoms with Crippen LogP contribution in [0, 0.1) is 0 Å². The average Bonchev–Trinajstić information content (AvgIpc) is 2.70. The third-order valence-electron chi connectivity index (χ3n) is 4.40. The van der Waals surface area contributed by atoms with Crippen LogP contribution in [0.25, 0.3) is 0 Å². The molecule has 1 saturated heterocycles. The molecule has 1 aliphatic rings. The van der Waals surface area contributed by atoms with Crippen LogP contribution < -0.4 is 15.5 Å². The monoisotopic (exact) mass is 387 g/mol. The fourth-order valence-electron chi connectivity index (χ4n) is 2.91. The van der Waals surface area contributed by atoms with Crippen molar-refractivity contribution in [3.05, 3.63) is 53.8 Å². The Labute approximate surface area is 163 Å². The zero-order chi connectivity index (χ0) is 19.1. The minimum Gasteiger partial charge on any atom is -0.369 e. The van der Waals surface area contributed by atoms with Gasteiger partial charge < -0.3 is 15.5 Å². The summed E-state index contributed by atoms with van der Waals surface area (Å²) in [6, 6.07) is 11.2. The van der Waals surface area contributed by atoms with Crippen molar-refractivity contribution in [1.82, 2.24) is 15.2 Å². The van der Waals surface area contributed by atoms with Crippen LogP contribution >= 0.6 is 11.6 Å². The fourth-order valence-corrected chi connectivity index (χ4v) is 3.04. The molecular weight excluding hydrogens is 366 g/mol. The highest BCUT2D eigenvalue weighted by molar-refractivity contribution is 6.39. The molecule has 2 N–H and O–H groups in total. The quantitative estimate of drug-likeness (QED) is 0.762. The Kier molecular flexibility index (Phi) is 6.62. The zero-order valence-electron chi connectivity index (χ0n) is 14.9. The van der Waals surface area contributed by atoms with E-state index < -0.39 is 11.8 Å². The summed E-state index contributed by atoms with van der Waals surface area (Å²) in [4.78, 5) is 32.2. The molecule has 0 spiro atoms. The first-order valence-electron chi connectivity index (χ1n) is 8.84. The lowest BCUT2D eigenvalue weighted by Crippen LogP contribution is -2.49. The Morgan fingerprint density at radius 1 is 1.04 bits per heavy atom. The fraction of sp³-hybridized carbons (Fsp3) is 0.316. The van der Waals surface area contributed by atoms with Crippen LogP contribution in [-0.2, 0) is 9.59 Å². The summed E-state index contributed by atoms with van der Waals surface area (Å²) < 4.78 is 0. The zero-order valence-corrected chi connectivity index (χ0v) is 15.7. The predicted molar refractivity (Wildman–Crippen MR) is 106 cm³/mol. The molecule has 7 nitrogen and oxygen atoms in total. The van der Waals surface area contributed by atoms with Gasteiger partial charge >= 0.3 is 11.8 Å². The van der Waals surface area contributed by atoms with E-state index in [9.17, 15) is 9.59 Å². The highest BCUT2D eigenvalue weighted by Gasteiger charge is 2.18. The summed E-state index contributed by atoms with van der Waals surface area (Å²) in [5.41, 5.74) is 1.66. The number of hydrogen-bond acceptors (Lipinski definition) is 5. The molecule has 0 radical (unpaired) electrons. The normalized spacial score (nSPS) is 14.6. The summed E-state index contributed by atoms with van der Waals surface area (Å²) in [5.74, 6) is -1.32. The van der Waals surface area contributed by atoms with Crippen molar-refractivity contribution in [1.29, 1.82) is 0 Å².